The molecule has 0 aromatic carbocycles. The Morgan fingerprint density at radius 2 is 1.65 bits per heavy atom. The molecule has 0 aromatic rings. The molecule has 0 bridgehead atoms. The Kier molecular flexibility index (Phi) is 4.47. The molecule has 1 saturated heterocycles. The number of sulfone groups is 1. The maximum atomic E-state index is 11.4. The maximum absolute atomic E-state index is 11.4. The predicted octanol–water partition coefficient (Wildman–Crippen LogP) is 2.11. The molecule has 1 aliphatic heterocycles. The van der Waals surface area contributed by atoms with Gasteiger partial charge in [0.2, 0.25) is 0 Å². The molecule has 0 radical (unpaired) electrons. The van der Waals surface area contributed by atoms with Crippen LogP contribution in [0.1, 0.15) is 51.4 Å². The minimum absolute atomic E-state index is 0.219. The molecule has 2 N–H and O–H groups in total. The summed E-state index contributed by atoms with van der Waals surface area (Å²) >= 11 is 0. The smallest absolute Gasteiger partial charge is 0.150 e. The number of nitrogens with two attached hydrogens (primary N) is 1. The molecule has 1 aliphatic carbocycles. The third-order valence-corrected chi connectivity index (χ3v) is 6.16. The van der Waals surface area contributed by atoms with Gasteiger partial charge in [-0.1, -0.05) is 32.1 Å². The normalized spacial score (nSPS) is 31.5. The van der Waals surface area contributed by atoms with Crippen LogP contribution in [0.15, 0.2) is 0 Å². The molecule has 100 valence electrons. The third-order valence-electron chi connectivity index (χ3n) is 4.32. The van der Waals surface area contributed by atoms with Gasteiger partial charge in [-0.25, -0.2) is 8.42 Å². The molecule has 0 spiro atoms. The summed E-state index contributed by atoms with van der Waals surface area (Å²) in [7, 11) is -2.73. The summed E-state index contributed by atoms with van der Waals surface area (Å²) in [4.78, 5) is 0. The monoisotopic (exact) mass is 259 g/mol. The highest BCUT2D eigenvalue weighted by atomic mass is 32.2. The third kappa shape index (κ3) is 4.25. The highest BCUT2D eigenvalue weighted by Gasteiger charge is 2.29. The SMILES string of the molecule is NC(CC1CCCCC1)CC1CCS(=O)(=O)C1. The van der Waals surface area contributed by atoms with Crippen molar-refractivity contribution in [3.05, 3.63) is 0 Å². The Balaban J connectivity index is 1.72. The van der Waals surface area contributed by atoms with Crippen LogP contribution in [0.4, 0.5) is 0 Å². The van der Waals surface area contributed by atoms with Gasteiger partial charge in [-0.05, 0) is 31.1 Å². The minimum atomic E-state index is -2.73. The second kappa shape index (κ2) is 5.70. The van der Waals surface area contributed by atoms with Crippen LogP contribution < -0.4 is 5.73 Å². The summed E-state index contributed by atoms with van der Waals surface area (Å²) in [5, 5.41) is 0. The second-order valence-electron chi connectivity index (χ2n) is 6.00. The molecule has 2 aliphatic rings. The van der Waals surface area contributed by atoms with E-state index in [9.17, 15) is 8.42 Å². The van der Waals surface area contributed by atoms with Crippen LogP contribution in [0.2, 0.25) is 0 Å². The molecule has 3 nitrogen and oxygen atoms in total. The standard InChI is InChI=1S/C13H25NO2S/c14-13(8-11-4-2-1-3-5-11)9-12-6-7-17(15,16)10-12/h11-13H,1-10,14H2. The molecule has 17 heavy (non-hydrogen) atoms. The van der Waals surface area contributed by atoms with Gasteiger partial charge >= 0.3 is 0 Å². The van der Waals surface area contributed by atoms with Crippen molar-refractivity contribution in [1.82, 2.24) is 0 Å². The zero-order valence-electron chi connectivity index (χ0n) is 10.6. The van der Waals surface area contributed by atoms with E-state index in [2.05, 4.69) is 0 Å². The van der Waals surface area contributed by atoms with Crippen molar-refractivity contribution in [2.75, 3.05) is 11.5 Å². The summed E-state index contributed by atoms with van der Waals surface area (Å²) in [6.45, 7) is 0. The zero-order chi connectivity index (χ0) is 12.3. The van der Waals surface area contributed by atoms with Gasteiger partial charge in [0.15, 0.2) is 9.84 Å². The zero-order valence-corrected chi connectivity index (χ0v) is 11.4. The van der Waals surface area contributed by atoms with Crippen molar-refractivity contribution in [3.8, 4) is 0 Å². The molecule has 0 amide bonds. The van der Waals surface area contributed by atoms with Crippen LogP contribution in [0.25, 0.3) is 0 Å². The van der Waals surface area contributed by atoms with Crippen LogP contribution >= 0.6 is 0 Å². The van der Waals surface area contributed by atoms with E-state index < -0.39 is 9.84 Å². The first-order valence-corrected chi connectivity index (χ1v) is 8.83. The van der Waals surface area contributed by atoms with Gasteiger partial charge in [-0.2, -0.15) is 0 Å². The first-order chi connectivity index (χ1) is 8.05. The van der Waals surface area contributed by atoms with E-state index in [0.717, 1.165) is 25.2 Å². The number of hydrogen-bond acceptors (Lipinski definition) is 3. The van der Waals surface area contributed by atoms with Crippen molar-refractivity contribution >= 4 is 9.84 Å². The Labute approximate surface area is 105 Å². The highest BCUT2D eigenvalue weighted by molar-refractivity contribution is 7.91. The summed E-state index contributed by atoms with van der Waals surface area (Å²) in [5.41, 5.74) is 6.18. The Hall–Kier alpha value is -0.0900. The van der Waals surface area contributed by atoms with E-state index in [1.54, 1.807) is 0 Å². The quantitative estimate of drug-likeness (QED) is 0.841. The highest BCUT2D eigenvalue weighted by Crippen LogP contribution is 2.29. The first kappa shape index (κ1) is 13.3. The molecule has 1 heterocycles. The Bertz CT molecular complexity index is 333. The fourth-order valence-electron chi connectivity index (χ4n) is 3.43. The molecule has 4 heteroatoms. The summed E-state index contributed by atoms with van der Waals surface area (Å²) in [5.74, 6) is 1.90. The molecule has 2 rings (SSSR count). The van der Waals surface area contributed by atoms with Gasteiger partial charge in [0.1, 0.15) is 0 Å². The lowest BCUT2D eigenvalue weighted by atomic mass is 9.83. The summed E-state index contributed by atoms with van der Waals surface area (Å²) in [6.07, 6.45) is 9.61. The fourth-order valence-corrected chi connectivity index (χ4v) is 5.31. The number of rotatable bonds is 4. The van der Waals surface area contributed by atoms with Gasteiger partial charge < -0.3 is 5.73 Å². The van der Waals surface area contributed by atoms with Gasteiger partial charge in [0.05, 0.1) is 11.5 Å². The summed E-state index contributed by atoms with van der Waals surface area (Å²) in [6, 6.07) is 0.219. The molecule has 1 saturated carbocycles. The van der Waals surface area contributed by atoms with Crippen LogP contribution in [0.5, 0.6) is 0 Å². The predicted molar refractivity (Wildman–Crippen MR) is 70.5 cm³/mol. The molecule has 2 atom stereocenters. The molecular weight excluding hydrogens is 234 g/mol. The summed E-state index contributed by atoms with van der Waals surface area (Å²) < 4.78 is 22.7. The lowest BCUT2D eigenvalue weighted by Crippen LogP contribution is -2.27. The first-order valence-electron chi connectivity index (χ1n) is 7.01. The van der Waals surface area contributed by atoms with Crippen molar-refractivity contribution in [2.45, 2.75) is 57.4 Å². The lowest BCUT2D eigenvalue weighted by molar-refractivity contribution is 0.300. The van der Waals surface area contributed by atoms with Crippen LogP contribution in [0.3, 0.4) is 0 Å². The van der Waals surface area contributed by atoms with E-state index in [4.69, 9.17) is 5.73 Å². The van der Waals surface area contributed by atoms with E-state index in [0.29, 0.717) is 17.4 Å². The van der Waals surface area contributed by atoms with Gasteiger partial charge in [0, 0.05) is 6.04 Å². The maximum Gasteiger partial charge on any atom is 0.150 e. The largest absolute Gasteiger partial charge is 0.328 e. The van der Waals surface area contributed by atoms with Crippen molar-refractivity contribution in [3.63, 3.8) is 0 Å². The average molecular weight is 259 g/mol. The van der Waals surface area contributed by atoms with Crippen molar-refractivity contribution in [2.24, 2.45) is 17.6 Å². The van der Waals surface area contributed by atoms with Crippen LogP contribution in [-0.4, -0.2) is 26.0 Å². The van der Waals surface area contributed by atoms with Crippen molar-refractivity contribution in [1.29, 1.82) is 0 Å². The fraction of sp³-hybridized carbons (Fsp3) is 1.00. The number of hydrogen-bond donors (Lipinski definition) is 1. The topological polar surface area (TPSA) is 60.2 Å². The minimum Gasteiger partial charge on any atom is -0.328 e. The molecule has 0 aromatic heterocycles. The average Bonchev–Trinajstić information content (AvgIpc) is 2.59. The van der Waals surface area contributed by atoms with Crippen LogP contribution in [-0.2, 0) is 9.84 Å². The van der Waals surface area contributed by atoms with E-state index in [1.165, 1.54) is 32.1 Å². The van der Waals surface area contributed by atoms with Gasteiger partial charge in [-0.3, -0.25) is 0 Å². The Morgan fingerprint density at radius 1 is 1.00 bits per heavy atom. The van der Waals surface area contributed by atoms with Gasteiger partial charge in [-0.15, -0.1) is 0 Å². The lowest BCUT2D eigenvalue weighted by Gasteiger charge is -2.25. The van der Waals surface area contributed by atoms with Gasteiger partial charge in [0.25, 0.3) is 0 Å². The van der Waals surface area contributed by atoms with Crippen molar-refractivity contribution < 1.29 is 8.42 Å². The molecule has 2 fully saturated rings. The molecule has 2 unspecified atom stereocenters. The van der Waals surface area contributed by atoms with E-state index >= 15 is 0 Å². The Morgan fingerprint density at radius 3 is 2.24 bits per heavy atom. The van der Waals surface area contributed by atoms with E-state index in [1.807, 2.05) is 0 Å². The van der Waals surface area contributed by atoms with E-state index in [-0.39, 0.29) is 6.04 Å². The molecular formula is C13H25NO2S. The van der Waals surface area contributed by atoms with Crippen LogP contribution in [0, 0.1) is 11.8 Å². The second-order valence-corrected chi connectivity index (χ2v) is 8.23.